The molecule has 1 aromatic heterocycles. The first-order chi connectivity index (χ1) is 16.7. The van der Waals surface area contributed by atoms with Crippen LogP contribution in [0, 0.1) is 32.5 Å². The Hall–Kier alpha value is -3.41. The van der Waals surface area contributed by atoms with E-state index in [1.807, 2.05) is 36.9 Å². The summed E-state index contributed by atoms with van der Waals surface area (Å²) in [6, 6.07) is 14.1. The first kappa shape index (κ1) is 24.7. The zero-order valence-corrected chi connectivity index (χ0v) is 20.9. The van der Waals surface area contributed by atoms with E-state index in [2.05, 4.69) is 6.07 Å². The lowest BCUT2D eigenvalue weighted by molar-refractivity contribution is 0.0520. The largest absolute Gasteiger partial charge is 0.469 e. The third-order valence-corrected chi connectivity index (χ3v) is 7.13. The molecule has 3 aromatic rings. The van der Waals surface area contributed by atoms with Crippen molar-refractivity contribution in [1.29, 1.82) is 0 Å². The molecule has 2 aromatic carbocycles. The van der Waals surface area contributed by atoms with E-state index in [1.54, 1.807) is 37.1 Å². The average Bonchev–Trinajstić information content (AvgIpc) is 3.27. The van der Waals surface area contributed by atoms with Gasteiger partial charge in [-0.25, -0.2) is 4.39 Å². The molecule has 1 atom stereocenters. The Balaban J connectivity index is 1.53. The van der Waals surface area contributed by atoms with Crippen molar-refractivity contribution in [2.45, 2.75) is 46.1 Å². The molecule has 1 unspecified atom stereocenters. The maximum Gasteiger partial charge on any atom is 0.257 e. The zero-order chi connectivity index (χ0) is 25.1. The number of hydrogen-bond donors (Lipinski definition) is 0. The van der Waals surface area contributed by atoms with Gasteiger partial charge in [-0.1, -0.05) is 35.4 Å². The van der Waals surface area contributed by atoms with Crippen molar-refractivity contribution in [1.82, 2.24) is 9.80 Å². The number of furan rings is 1. The number of piperidine rings is 1. The molecule has 5 nitrogen and oxygen atoms in total. The number of rotatable bonds is 6. The summed E-state index contributed by atoms with van der Waals surface area (Å²) in [5, 5.41) is 0. The Kier molecular flexibility index (Phi) is 7.39. The molecule has 0 radical (unpaired) electrons. The molecule has 1 fully saturated rings. The summed E-state index contributed by atoms with van der Waals surface area (Å²) in [6.45, 7) is 6.98. The molecular formula is C29H33FN2O3. The van der Waals surface area contributed by atoms with Crippen LogP contribution in [0.1, 0.15) is 56.0 Å². The van der Waals surface area contributed by atoms with Gasteiger partial charge in [0.2, 0.25) is 0 Å². The quantitative estimate of drug-likeness (QED) is 0.467. The van der Waals surface area contributed by atoms with Crippen molar-refractivity contribution in [2.24, 2.45) is 5.92 Å². The second kappa shape index (κ2) is 10.5. The van der Waals surface area contributed by atoms with Gasteiger partial charge >= 0.3 is 0 Å². The predicted octanol–water partition coefficient (Wildman–Crippen LogP) is 5.58. The Labute approximate surface area is 206 Å². The van der Waals surface area contributed by atoms with E-state index in [-0.39, 0.29) is 29.6 Å². The van der Waals surface area contributed by atoms with Gasteiger partial charge in [0.25, 0.3) is 11.8 Å². The van der Waals surface area contributed by atoms with E-state index in [0.29, 0.717) is 42.0 Å². The molecule has 0 N–H and O–H groups in total. The lowest BCUT2D eigenvalue weighted by Gasteiger charge is -2.40. The van der Waals surface area contributed by atoms with Crippen LogP contribution < -0.4 is 0 Å². The van der Waals surface area contributed by atoms with Crippen LogP contribution in [0.2, 0.25) is 0 Å². The van der Waals surface area contributed by atoms with Crippen molar-refractivity contribution in [3.63, 3.8) is 0 Å². The maximum atomic E-state index is 14.6. The molecule has 0 saturated carbocycles. The number of carbonyl (C=O) groups excluding carboxylic acids is 2. The Morgan fingerprint density at radius 1 is 1.06 bits per heavy atom. The third-order valence-electron chi connectivity index (χ3n) is 7.13. The highest BCUT2D eigenvalue weighted by atomic mass is 19.1. The van der Waals surface area contributed by atoms with Gasteiger partial charge in [0.05, 0.1) is 11.8 Å². The fourth-order valence-corrected chi connectivity index (χ4v) is 5.22. The summed E-state index contributed by atoms with van der Waals surface area (Å²) in [4.78, 5) is 30.1. The number of halogens is 1. The minimum absolute atomic E-state index is 0.0411. The van der Waals surface area contributed by atoms with E-state index in [1.165, 1.54) is 12.3 Å². The van der Waals surface area contributed by atoms with Crippen LogP contribution in [0.3, 0.4) is 0 Å². The summed E-state index contributed by atoms with van der Waals surface area (Å²) >= 11 is 0. The number of likely N-dealkylation sites (tertiary alicyclic amines) is 1. The predicted molar refractivity (Wildman–Crippen MR) is 134 cm³/mol. The maximum absolute atomic E-state index is 14.6. The van der Waals surface area contributed by atoms with Crippen molar-refractivity contribution in [3.8, 4) is 0 Å². The van der Waals surface area contributed by atoms with Gasteiger partial charge in [0, 0.05) is 31.7 Å². The Bertz CT molecular complexity index is 1190. The molecule has 0 bridgehead atoms. The number of benzene rings is 2. The van der Waals surface area contributed by atoms with Crippen LogP contribution in [-0.2, 0) is 6.42 Å². The second-order valence-corrected chi connectivity index (χ2v) is 9.68. The van der Waals surface area contributed by atoms with Crippen LogP contribution >= 0.6 is 0 Å². The fourth-order valence-electron chi connectivity index (χ4n) is 5.22. The van der Waals surface area contributed by atoms with Gasteiger partial charge in [0.1, 0.15) is 11.6 Å². The molecule has 6 heteroatoms. The van der Waals surface area contributed by atoms with Crippen LogP contribution in [0.4, 0.5) is 4.39 Å². The monoisotopic (exact) mass is 476 g/mol. The van der Waals surface area contributed by atoms with E-state index in [0.717, 1.165) is 24.0 Å². The number of nitrogens with zero attached hydrogens (tertiary/aromatic N) is 2. The van der Waals surface area contributed by atoms with E-state index in [4.69, 9.17) is 4.42 Å². The number of aryl methyl sites for hydroxylation is 3. The van der Waals surface area contributed by atoms with Crippen LogP contribution in [0.5, 0.6) is 0 Å². The minimum Gasteiger partial charge on any atom is -0.469 e. The first-order valence-electron chi connectivity index (χ1n) is 12.2. The highest BCUT2D eigenvalue weighted by Gasteiger charge is 2.34. The molecule has 4 rings (SSSR count). The zero-order valence-electron chi connectivity index (χ0n) is 20.9. The van der Waals surface area contributed by atoms with Crippen molar-refractivity contribution < 1.29 is 18.4 Å². The van der Waals surface area contributed by atoms with Crippen LogP contribution in [-0.4, -0.2) is 47.8 Å². The van der Waals surface area contributed by atoms with Crippen LogP contribution in [0.15, 0.2) is 59.2 Å². The minimum atomic E-state index is -0.264. The normalized spacial score (nSPS) is 15.2. The Morgan fingerprint density at radius 2 is 1.71 bits per heavy atom. The van der Waals surface area contributed by atoms with Gasteiger partial charge in [-0.15, -0.1) is 0 Å². The molecular weight excluding hydrogens is 443 g/mol. The van der Waals surface area contributed by atoms with Crippen LogP contribution in [0.25, 0.3) is 0 Å². The molecule has 0 spiro atoms. The topological polar surface area (TPSA) is 53.8 Å². The molecule has 35 heavy (non-hydrogen) atoms. The molecule has 1 aliphatic rings. The standard InChI is InChI=1S/C29H33FN2O3/c1-19-15-20(2)17-24(16-19)28(33)32-12-9-22(10-13-32)27(18-23-7-5-6-8-26(23)30)31(4)29(34)25-11-14-35-21(25)3/h5-8,11,14-17,22,27H,9-10,12-13,18H2,1-4H3. The number of amides is 2. The Morgan fingerprint density at radius 3 is 2.31 bits per heavy atom. The van der Waals surface area contributed by atoms with Gasteiger partial charge in [-0.3, -0.25) is 9.59 Å². The molecule has 2 amide bonds. The van der Waals surface area contributed by atoms with Gasteiger partial charge in [0.15, 0.2) is 0 Å². The number of hydrogen-bond acceptors (Lipinski definition) is 3. The molecule has 1 aliphatic heterocycles. The molecule has 0 aliphatic carbocycles. The van der Waals surface area contributed by atoms with Gasteiger partial charge in [-0.2, -0.15) is 0 Å². The summed E-state index contributed by atoms with van der Waals surface area (Å²) in [7, 11) is 1.79. The van der Waals surface area contributed by atoms with Crippen molar-refractivity contribution in [2.75, 3.05) is 20.1 Å². The lowest BCUT2D eigenvalue weighted by atomic mass is 9.84. The fraction of sp³-hybridized carbons (Fsp3) is 0.379. The highest BCUT2D eigenvalue weighted by molar-refractivity contribution is 5.95. The molecule has 184 valence electrons. The summed E-state index contributed by atoms with van der Waals surface area (Å²) in [5.74, 6) is 0.352. The highest BCUT2D eigenvalue weighted by Crippen LogP contribution is 2.29. The smallest absolute Gasteiger partial charge is 0.257 e. The first-order valence-corrected chi connectivity index (χ1v) is 12.2. The summed E-state index contributed by atoms with van der Waals surface area (Å²) in [6.07, 6.45) is 3.43. The third kappa shape index (κ3) is 5.47. The SMILES string of the molecule is Cc1cc(C)cc(C(=O)N2CCC(C(Cc3ccccc3F)N(C)C(=O)c3ccoc3C)CC2)c1. The van der Waals surface area contributed by atoms with Crippen molar-refractivity contribution >= 4 is 11.8 Å². The molecule has 2 heterocycles. The lowest BCUT2D eigenvalue weighted by Crippen LogP contribution is -2.48. The number of carbonyl (C=O) groups is 2. The number of likely N-dealkylation sites (N-methyl/N-ethyl adjacent to an activating group) is 1. The van der Waals surface area contributed by atoms with E-state index < -0.39 is 0 Å². The summed E-state index contributed by atoms with van der Waals surface area (Å²) < 4.78 is 19.9. The van der Waals surface area contributed by atoms with Gasteiger partial charge in [-0.05, 0) is 75.8 Å². The molecule has 1 saturated heterocycles. The van der Waals surface area contributed by atoms with E-state index in [9.17, 15) is 14.0 Å². The average molecular weight is 477 g/mol. The van der Waals surface area contributed by atoms with E-state index >= 15 is 0 Å². The van der Waals surface area contributed by atoms with Gasteiger partial charge < -0.3 is 14.2 Å². The second-order valence-electron chi connectivity index (χ2n) is 9.68. The van der Waals surface area contributed by atoms with Crippen molar-refractivity contribution in [3.05, 3.63) is 94.2 Å². The summed E-state index contributed by atoms with van der Waals surface area (Å²) in [5.41, 5.74) is 3.97.